The second-order valence-corrected chi connectivity index (χ2v) is 6.24. The summed E-state index contributed by atoms with van der Waals surface area (Å²) in [5.41, 5.74) is 0. The Balaban J connectivity index is 2.37. The van der Waals surface area contributed by atoms with Gasteiger partial charge in [-0.1, -0.05) is 19.8 Å². The maximum absolute atomic E-state index is 11.8. The minimum atomic E-state index is -0.971. The minimum absolute atomic E-state index is 0.179. The van der Waals surface area contributed by atoms with Gasteiger partial charge in [-0.05, 0) is 37.2 Å². The minimum Gasteiger partial charge on any atom is -0.480 e. The van der Waals surface area contributed by atoms with Gasteiger partial charge in [-0.3, -0.25) is 0 Å². The predicted octanol–water partition coefficient (Wildman–Crippen LogP) is 2.07. The number of carbonyl (C=O) groups is 2. The van der Waals surface area contributed by atoms with Crippen molar-refractivity contribution in [2.24, 2.45) is 5.92 Å². The number of rotatable bonds is 6. The van der Waals surface area contributed by atoms with Gasteiger partial charge < -0.3 is 15.7 Å². The molecule has 5 nitrogen and oxygen atoms in total. The van der Waals surface area contributed by atoms with Crippen LogP contribution in [0.5, 0.6) is 0 Å². The fourth-order valence-corrected chi connectivity index (χ4v) is 2.92. The highest BCUT2D eigenvalue weighted by molar-refractivity contribution is 7.98. The number of hydrogen-bond donors (Lipinski definition) is 3. The van der Waals surface area contributed by atoms with Crippen LogP contribution >= 0.6 is 11.8 Å². The number of carboxylic acid groups (broad SMARTS) is 1. The molecule has 2 amide bonds. The SMILES string of the molecule is CSCC[C@H](NC(=O)NC1CCCC(C)C1)C(=O)O. The molecular weight excluding hydrogens is 264 g/mol. The molecule has 1 aliphatic carbocycles. The molecule has 0 aromatic heterocycles. The Hall–Kier alpha value is -0.910. The van der Waals surface area contributed by atoms with E-state index >= 15 is 0 Å². The van der Waals surface area contributed by atoms with E-state index in [9.17, 15) is 9.59 Å². The molecule has 0 heterocycles. The summed E-state index contributed by atoms with van der Waals surface area (Å²) >= 11 is 1.58. The van der Waals surface area contributed by atoms with Crippen LogP contribution in [0.2, 0.25) is 0 Å². The fourth-order valence-electron chi connectivity index (χ4n) is 2.44. The molecule has 0 saturated heterocycles. The van der Waals surface area contributed by atoms with Crippen LogP contribution in [0.25, 0.3) is 0 Å². The summed E-state index contributed by atoms with van der Waals surface area (Å²) in [6.45, 7) is 2.18. The van der Waals surface area contributed by atoms with Gasteiger partial charge in [0, 0.05) is 6.04 Å². The number of thioether (sulfide) groups is 1. The van der Waals surface area contributed by atoms with Gasteiger partial charge in [0.25, 0.3) is 0 Å². The lowest BCUT2D eigenvalue weighted by Gasteiger charge is -2.28. The van der Waals surface area contributed by atoms with Crippen molar-refractivity contribution in [1.29, 1.82) is 0 Å². The zero-order chi connectivity index (χ0) is 14.3. The molecule has 3 N–H and O–H groups in total. The van der Waals surface area contributed by atoms with Crippen molar-refractivity contribution in [3.8, 4) is 0 Å². The topological polar surface area (TPSA) is 78.4 Å². The molecule has 0 radical (unpaired) electrons. The van der Waals surface area contributed by atoms with Gasteiger partial charge in [0.1, 0.15) is 6.04 Å². The summed E-state index contributed by atoms with van der Waals surface area (Å²) in [6, 6.07) is -0.972. The normalized spacial score (nSPS) is 24.5. The number of hydrogen-bond acceptors (Lipinski definition) is 3. The molecule has 19 heavy (non-hydrogen) atoms. The molecule has 6 heteroatoms. The van der Waals surface area contributed by atoms with Crippen LogP contribution in [-0.4, -0.2) is 41.2 Å². The first-order valence-electron chi connectivity index (χ1n) is 6.81. The Morgan fingerprint density at radius 2 is 2.16 bits per heavy atom. The van der Waals surface area contributed by atoms with E-state index in [0.29, 0.717) is 12.3 Å². The Morgan fingerprint density at radius 3 is 2.74 bits per heavy atom. The zero-order valence-electron chi connectivity index (χ0n) is 11.6. The van der Waals surface area contributed by atoms with E-state index in [1.54, 1.807) is 11.8 Å². The average molecular weight is 288 g/mol. The Morgan fingerprint density at radius 1 is 1.42 bits per heavy atom. The third-order valence-corrected chi connectivity index (χ3v) is 4.13. The Kier molecular flexibility index (Phi) is 7.05. The number of carbonyl (C=O) groups excluding carboxylic acids is 1. The van der Waals surface area contributed by atoms with Crippen molar-refractivity contribution in [3.63, 3.8) is 0 Å². The van der Waals surface area contributed by atoms with Crippen LogP contribution in [0.4, 0.5) is 4.79 Å². The molecule has 1 saturated carbocycles. The van der Waals surface area contributed by atoms with Gasteiger partial charge in [-0.25, -0.2) is 9.59 Å². The summed E-state index contributed by atoms with van der Waals surface area (Å²) in [5.74, 6) is 0.379. The van der Waals surface area contributed by atoms with Gasteiger partial charge in [-0.2, -0.15) is 11.8 Å². The van der Waals surface area contributed by atoms with Crippen molar-refractivity contribution in [2.45, 2.75) is 51.1 Å². The van der Waals surface area contributed by atoms with Gasteiger partial charge in [0.15, 0.2) is 0 Å². The molecule has 0 aromatic carbocycles. The first-order valence-corrected chi connectivity index (χ1v) is 8.21. The summed E-state index contributed by atoms with van der Waals surface area (Å²) in [6.07, 6.45) is 6.68. The maximum atomic E-state index is 11.8. The summed E-state index contributed by atoms with van der Waals surface area (Å²) in [4.78, 5) is 22.8. The third kappa shape index (κ3) is 6.18. The van der Waals surface area contributed by atoms with Crippen molar-refractivity contribution in [1.82, 2.24) is 10.6 Å². The van der Waals surface area contributed by atoms with E-state index < -0.39 is 12.0 Å². The summed E-state index contributed by atoms with van der Waals surface area (Å²) < 4.78 is 0. The molecule has 110 valence electrons. The second-order valence-electron chi connectivity index (χ2n) is 5.26. The predicted molar refractivity (Wildman–Crippen MR) is 77.5 cm³/mol. The number of carboxylic acids is 1. The molecule has 0 bridgehead atoms. The van der Waals surface area contributed by atoms with Crippen molar-refractivity contribution in [2.75, 3.05) is 12.0 Å². The molecule has 0 aliphatic heterocycles. The lowest BCUT2D eigenvalue weighted by Crippen LogP contribution is -2.50. The van der Waals surface area contributed by atoms with Gasteiger partial charge in [0.2, 0.25) is 0 Å². The van der Waals surface area contributed by atoms with Crippen LogP contribution in [0.1, 0.15) is 39.0 Å². The van der Waals surface area contributed by atoms with Crippen LogP contribution in [0, 0.1) is 5.92 Å². The largest absolute Gasteiger partial charge is 0.480 e. The lowest BCUT2D eigenvalue weighted by atomic mass is 9.87. The fraction of sp³-hybridized carbons (Fsp3) is 0.846. The highest BCUT2D eigenvalue weighted by Crippen LogP contribution is 2.23. The van der Waals surface area contributed by atoms with Crippen molar-refractivity contribution in [3.05, 3.63) is 0 Å². The van der Waals surface area contributed by atoms with Crippen LogP contribution in [-0.2, 0) is 4.79 Å². The van der Waals surface area contributed by atoms with Gasteiger partial charge >= 0.3 is 12.0 Å². The van der Waals surface area contributed by atoms with E-state index in [4.69, 9.17) is 5.11 Å². The second kappa shape index (κ2) is 8.30. The lowest BCUT2D eigenvalue weighted by molar-refractivity contribution is -0.139. The van der Waals surface area contributed by atoms with Gasteiger partial charge in [0.05, 0.1) is 0 Å². The maximum Gasteiger partial charge on any atom is 0.326 e. The summed E-state index contributed by atoms with van der Waals surface area (Å²) in [7, 11) is 0. The quantitative estimate of drug-likeness (QED) is 0.699. The molecule has 1 rings (SSSR count). The first kappa shape index (κ1) is 16.1. The monoisotopic (exact) mass is 288 g/mol. The Labute approximate surface area is 118 Å². The molecule has 1 fully saturated rings. The van der Waals surface area contributed by atoms with Gasteiger partial charge in [-0.15, -0.1) is 0 Å². The zero-order valence-corrected chi connectivity index (χ0v) is 12.5. The van der Waals surface area contributed by atoms with E-state index in [-0.39, 0.29) is 12.1 Å². The van der Waals surface area contributed by atoms with Crippen molar-refractivity contribution < 1.29 is 14.7 Å². The van der Waals surface area contributed by atoms with Crippen LogP contribution < -0.4 is 10.6 Å². The molecular formula is C13H24N2O3S. The van der Waals surface area contributed by atoms with Crippen LogP contribution in [0.15, 0.2) is 0 Å². The van der Waals surface area contributed by atoms with E-state index in [2.05, 4.69) is 17.6 Å². The summed E-state index contributed by atoms with van der Waals surface area (Å²) in [5, 5.41) is 14.5. The number of aliphatic carboxylic acids is 1. The first-order chi connectivity index (χ1) is 9.02. The van der Waals surface area contributed by atoms with E-state index in [1.807, 2.05) is 6.26 Å². The number of nitrogens with one attached hydrogen (secondary N) is 2. The smallest absolute Gasteiger partial charge is 0.326 e. The highest BCUT2D eigenvalue weighted by atomic mass is 32.2. The van der Waals surface area contributed by atoms with Crippen LogP contribution in [0.3, 0.4) is 0 Å². The molecule has 0 aromatic rings. The third-order valence-electron chi connectivity index (χ3n) is 3.49. The average Bonchev–Trinajstić information content (AvgIpc) is 2.34. The number of amides is 2. The molecule has 3 atom stereocenters. The van der Waals surface area contributed by atoms with E-state index in [1.165, 1.54) is 6.42 Å². The Bertz CT molecular complexity index is 312. The van der Waals surface area contributed by atoms with Crippen molar-refractivity contribution >= 4 is 23.8 Å². The number of urea groups is 1. The molecule has 1 aliphatic rings. The highest BCUT2D eigenvalue weighted by Gasteiger charge is 2.23. The van der Waals surface area contributed by atoms with E-state index in [0.717, 1.165) is 25.0 Å². The molecule has 0 spiro atoms. The molecule has 2 unspecified atom stereocenters. The standard InChI is InChI=1S/C13H24N2O3S/c1-9-4-3-5-10(8-9)14-13(18)15-11(12(16)17)6-7-19-2/h9-11H,3-8H2,1-2H3,(H,16,17)(H2,14,15,18)/t9?,10?,11-/m0/s1.